The number of ether oxygens (including phenoxy) is 1. The number of nitrogens with zero attached hydrogens (tertiary/aromatic N) is 2. The van der Waals surface area contributed by atoms with Gasteiger partial charge in [0, 0.05) is 38.9 Å². The van der Waals surface area contributed by atoms with Crippen molar-refractivity contribution in [3.63, 3.8) is 0 Å². The van der Waals surface area contributed by atoms with E-state index in [2.05, 4.69) is 22.4 Å². The maximum absolute atomic E-state index is 8.58. The number of amidine groups is 1. The van der Waals surface area contributed by atoms with Crippen molar-refractivity contribution in [2.24, 2.45) is 10.9 Å². The smallest absolute Gasteiger partial charge is 0.170 e. The third-order valence-corrected chi connectivity index (χ3v) is 3.03. The van der Waals surface area contributed by atoms with Crippen LogP contribution in [0.5, 0.6) is 0 Å². The number of nitrogens with one attached hydrogen (secondary N) is 1. The molecule has 0 saturated heterocycles. The highest BCUT2D eigenvalue weighted by molar-refractivity contribution is 5.96. The molecule has 0 aliphatic carbocycles. The first-order valence-electron chi connectivity index (χ1n) is 6.62. The van der Waals surface area contributed by atoms with E-state index in [0.717, 1.165) is 38.3 Å². The lowest BCUT2D eigenvalue weighted by Crippen LogP contribution is -2.31. The average molecular weight is 280 g/mol. The Hall–Kier alpha value is -1.63. The average Bonchev–Trinajstić information content (AvgIpc) is 2.49. The second-order valence-electron chi connectivity index (χ2n) is 4.66. The number of benzene rings is 1. The van der Waals surface area contributed by atoms with Gasteiger partial charge in [-0.1, -0.05) is 29.4 Å². The highest BCUT2D eigenvalue weighted by Crippen LogP contribution is 2.03. The van der Waals surface area contributed by atoms with Crippen LogP contribution in [0.15, 0.2) is 29.4 Å². The Labute approximate surface area is 120 Å². The molecule has 4 N–H and O–H groups in total. The monoisotopic (exact) mass is 280 g/mol. The first-order chi connectivity index (χ1) is 9.67. The second kappa shape index (κ2) is 9.30. The van der Waals surface area contributed by atoms with E-state index in [1.165, 1.54) is 5.56 Å². The van der Waals surface area contributed by atoms with Crippen molar-refractivity contribution in [1.82, 2.24) is 10.2 Å². The molecule has 0 aromatic heterocycles. The van der Waals surface area contributed by atoms with E-state index < -0.39 is 0 Å². The first kappa shape index (κ1) is 16.4. The SMILES string of the molecule is COCCN(C)CCNCc1ccc(C(N)=NO)cc1. The summed E-state index contributed by atoms with van der Waals surface area (Å²) in [4.78, 5) is 2.22. The van der Waals surface area contributed by atoms with Crippen LogP contribution in [0.25, 0.3) is 0 Å². The zero-order valence-corrected chi connectivity index (χ0v) is 12.2. The molecule has 0 aliphatic rings. The number of hydrogen-bond acceptors (Lipinski definition) is 5. The summed E-state index contributed by atoms with van der Waals surface area (Å²) in [5, 5.41) is 14.9. The van der Waals surface area contributed by atoms with E-state index in [1.54, 1.807) is 7.11 Å². The molecular weight excluding hydrogens is 256 g/mol. The zero-order valence-electron chi connectivity index (χ0n) is 12.2. The van der Waals surface area contributed by atoms with Gasteiger partial charge in [-0.15, -0.1) is 0 Å². The maximum Gasteiger partial charge on any atom is 0.170 e. The number of oxime groups is 1. The Bertz CT molecular complexity index is 406. The van der Waals surface area contributed by atoms with Crippen LogP contribution in [-0.4, -0.2) is 56.3 Å². The van der Waals surface area contributed by atoms with Crippen molar-refractivity contribution in [2.45, 2.75) is 6.54 Å². The normalized spacial score (nSPS) is 12.1. The summed E-state index contributed by atoms with van der Waals surface area (Å²) in [5.74, 6) is 0.129. The van der Waals surface area contributed by atoms with Crippen LogP contribution in [0.3, 0.4) is 0 Å². The third kappa shape index (κ3) is 6.01. The Morgan fingerprint density at radius 1 is 1.35 bits per heavy atom. The van der Waals surface area contributed by atoms with Gasteiger partial charge in [0.05, 0.1) is 6.61 Å². The molecule has 1 aromatic rings. The fourth-order valence-corrected chi connectivity index (χ4v) is 1.71. The molecule has 0 heterocycles. The lowest BCUT2D eigenvalue weighted by atomic mass is 10.1. The zero-order chi connectivity index (χ0) is 14.8. The van der Waals surface area contributed by atoms with Crippen molar-refractivity contribution >= 4 is 5.84 Å². The minimum atomic E-state index is 0.129. The molecule has 112 valence electrons. The molecule has 0 atom stereocenters. The van der Waals surface area contributed by atoms with Gasteiger partial charge >= 0.3 is 0 Å². The highest BCUT2D eigenvalue weighted by atomic mass is 16.5. The van der Waals surface area contributed by atoms with Gasteiger partial charge in [-0.05, 0) is 12.6 Å². The summed E-state index contributed by atoms with van der Waals surface area (Å²) in [6, 6.07) is 7.62. The maximum atomic E-state index is 8.58. The molecule has 0 radical (unpaired) electrons. The molecular formula is C14H24N4O2. The minimum absolute atomic E-state index is 0.129. The third-order valence-electron chi connectivity index (χ3n) is 3.03. The summed E-state index contributed by atoms with van der Waals surface area (Å²) in [5.41, 5.74) is 7.39. The Morgan fingerprint density at radius 2 is 2.05 bits per heavy atom. The number of hydrogen-bond donors (Lipinski definition) is 3. The van der Waals surface area contributed by atoms with Gasteiger partial charge in [0.2, 0.25) is 0 Å². The van der Waals surface area contributed by atoms with Crippen LogP contribution in [0, 0.1) is 0 Å². The van der Waals surface area contributed by atoms with Gasteiger partial charge in [-0.25, -0.2) is 0 Å². The number of likely N-dealkylation sites (N-methyl/N-ethyl adjacent to an activating group) is 1. The van der Waals surface area contributed by atoms with Crippen LogP contribution in [0.2, 0.25) is 0 Å². The molecule has 0 aliphatic heterocycles. The Balaban J connectivity index is 2.25. The quantitative estimate of drug-likeness (QED) is 0.201. The molecule has 0 saturated carbocycles. The van der Waals surface area contributed by atoms with Crippen molar-refractivity contribution in [3.05, 3.63) is 35.4 Å². The van der Waals surface area contributed by atoms with Crippen LogP contribution < -0.4 is 11.1 Å². The number of methoxy groups -OCH3 is 1. The van der Waals surface area contributed by atoms with Crippen molar-refractivity contribution in [1.29, 1.82) is 0 Å². The molecule has 1 rings (SSSR count). The summed E-state index contributed by atoms with van der Waals surface area (Å²) >= 11 is 0. The first-order valence-corrected chi connectivity index (χ1v) is 6.62. The van der Waals surface area contributed by atoms with Gasteiger partial charge in [-0.3, -0.25) is 0 Å². The second-order valence-corrected chi connectivity index (χ2v) is 4.66. The van der Waals surface area contributed by atoms with E-state index in [0.29, 0.717) is 0 Å². The molecule has 6 nitrogen and oxygen atoms in total. The predicted octanol–water partition coefficient (Wildman–Crippen LogP) is 0.449. The van der Waals surface area contributed by atoms with E-state index in [9.17, 15) is 0 Å². The Morgan fingerprint density at radius 3 is 2.65 bits per heavy atom. The predicted molar refractivity (Wildman–Crippen MR) is 80.0 cm³/mol. The number of nitrogens with two attached hydrogens (primary N) is 1. The van der Waals surface area contributed by atoms with E-state index in [4.69, 9.17) is 15.7 Å². The van der Waals surface area contributed by atoms with E-state index in [1.807, 2.05) is 24.3 Å². The minimum Gasteiger partial charge on any atom is -0.409 e. The van der Waals surface area contributed by atoms with Crippen LogP contribution in [0.1, 0.15) is 11.1 Å². The van der Waals surface area contributed by atoms with Gasteiger partial charge in [-0.2, -0.15) is 0 Å². The Kier molecular flexibility index (Phi) is 7.64. The topological polar surface area (TPSA) is 83.1 Å². The van der Waals surface area contributed by atoms with Crippen molar-refractivity contribution in [2.75, 3.05) is 40.4 Å². The summed E-state index contributed by atoms with van der Waals surface area (Å²) in [6.45, 7) is 4.39. The van der Waals surface area contributed by atoms with Crippen LogP contribution >= 0.6 is 0 Å². The van der Waals surface area contributed by atoms with Gasteiger partial charge in [0.1, 0.15) is 0 Å². The highest BCUT2D eigenvalue weighted by Gasteiger charge is 2.00. The van der Waals surface area contributed by atoms with E-state index >= 15 is 0 Å². The molecule has 0 amide bonds. The lowest BCUT2D eigenvalue weighted by molar-refractivity contribution is 0.161. The molecule has 0 fully saturated rings. The fourth-order valence-electron chi connectivity index (χ4n) is 1.71. The summed E-state index contributed by atoms with van der Waals surface area (Å²) < 4.78 is 5.03. The van der Waals surface area contributed by atoms with Crippen LogP contribution in [0.4, 0.5) is 0 Å². The van der Waals surface area contributed by atoms with E-state index in [-0.39, 0.29) is 5.84 Å². The molecule has 1 aromatic carbocycles. The largest absolute Gasteiger partial charge is 0.409 e. The fraction of sp³-hybridized carbons (Fsp3) is 0.500. The van der Waals surface area contributed by atoms with Gasteiger partial charge in [0.25, 0.3) is 0 Å². The lowest BCUT2D eigenvalue weighted by Gasteiger charge is -2.16. The molecule has 0 unspecified atom stereocenters. The number of rotatable bonds is 9. The summed E-state index contributed by atoms with van der Waals surface area (Å²) in [6.07, 6.45) is 0. The van der Waals surface area contributed by atoms with Gasteiger partial charge < -0.3 is 25.9 Å². The van der Waals surface area contributed by atoms with Crippen molar-refractivity contribution < 1.29 is 9.94 Å². The summed E-state index contributed by atoms with van der Waals surface area (Å²) in [7, 11) is 3.79. The van der Waals surface area contributed by atoms with Gasteiger partial charge in [0.15, 0.2) is 5.84 Å². The van der Waals surface area contributed by atoms with Crippen molar-refractivity contribution in [3.8, 4) is 0 Å². The molecule has 20 heavy (non-hydrogen) atoms. The molecule has 0 spiro atoms. The van der Waals surface area contributed by atoms with Crippen LogP contribution in [-0.2, 0) is 11.3 Å². The standard InChI is InChI=1S/C14H24N4O2/c1-18(9-10-20-2)8-7-16-11-12-3-5-13(6-4-12)14(15)17-19/h3-6,16,19H,7-11H2,1-2H3,(H2,15,17). The molecule has 0 bridgehead atoms. The molecule has 6 heteroatoms.